The Morgan fingerprint density at radius 2 is 1.74 bits per heavy atom. The fraction of sp³-hybridized carbons (Fsp3) is 0.312. The second-order valence-corrected chi connectivity index (χ2v) is 5.65. The first-order valence-corrected chi connectivity index (χ1v) is 7.27. The molecule has 3 amide bonds. The first-order valence-electron chi connectivity index (χ1n) is 7.27. The van der Waals surface area contributed by atoms with E-state index < -0.39 is 29.6 Å². The lowest BCUT2D eigenvalue weighted by Crippen LogP contribution is -2.48. The topological polar surface area (TPSA) is 84.9 Å². The van der Waals surface area contributed by atoms with Crippen molar-refractivity contribution in [2.24, 2.45) is 11.8 Å². The fourth-order valence-electron chi connectivity index (χ4n) is 3.41. The number of nitrogens with zero attached hydrogens (tertiary/aromatic N) is 1. The second-order valence-electron chi connectivity index (χ2n) is 5.65. The number of nitrogens with one attached hydrogen (secondary N) is 1. The normalized spacial score (nSPS) is 30.7. The quantitative estimate of drug-likeness (QED) is 0.640. The number of para-hydroxylation sites is 1. The highest BCUT2D eigenvalue weighted by atomic mass is 16.5. The number of hydrazine groups is 1. The van der Waals surface area contributed by atoms with Gasteiger partial charge in [0.05, 0.1) is 36.7 Å². The predicted octanol–water partition coefficient (Wildman–Crippen LogP) is 0.278. The Labute approximate surface area is 131 Å². The van der Waals surface area contributed by atoms with Crippen molar-refractivity contribution in [2.75, 3.05) is 7.11 Å². The van der Waals surface area contributed by atoms with Crippen molar-refractivity contribution in [3.8, 4) is 5.75 Å². The summed E-state index contributed by atoms with van der Waals surface area (Å²) < 4.78 is 10.7. The molecule has 0 aromatic heterocycles. The van der Waals surface area contributed by atoms with Gasteiger partial charge in [0.25, 0.3) is 17.7 Å². The van der Waals surface area contributed by atoms with Crippen LogP contribution in [0.1, 0.15) is 10.4 Å². The Hall–Kier alpha value is -2.67. The molecule has 4 rings (SSSR count). The third-order valence-electron chi connectivity index (χ3n) is 4.48. The third-order valence-corrected chi connectivity index (χ3v) is 4.48. The van der Waals surface area contributed by atoms with E-state index in [-0.39, 0.29) is 17.8 Å². The zero-order valence-electron chi connectivity index (χ0n) is 12.3. The largest absolute Gasteiger partial charge is 0.496 e. The van der Waals surface area contributed by atoms with Gasteiger partial charge < -0.3 is 9.47 Å². The van der Waals surface area contributed by atoms with Crippen LogP contribution in [0.15, 0.2) is 36.4 Å². The van der Waals surface area contributed by atoms with Crippen LogP contribution in [0.2, 0.25) is 0 Å². The monoisotopic (exact) mass is 314 g/mol. The lowest BCUT2D eigenvalue weighted by Gasteiger charge is -2.18. The number of imide groups is 1. The molecule has 7 heteroatoms. The van der Waals surface area contributed by atoms with Crippen molar-refractivity contribution in [3.05, 3.63) is 42.0 Å². The summed E-state index contributed by atoms with van der Waals surface area (Å²) >= 11 is 0. The van der Waals surface area contributed by atoms with Gasteiger partial charge in [-0.25, -0.2) is 0 Å². The molecule has 2 saturated heterocycles. The average Bonchev–Trinajstić information content (AvgIpc) is 3.24. The van der Waals surface area contributed by atoms with Gasteiger partial charge >= 0.3 is 0 Å². The molecule has 1 aromatic carbocycles. The molecule has 4 atom stereocenters. The molecule has 0 saturated carbocycles. The lowest BCUT2D eigenvalue weighted by atomic mass is 9.85. The van der Waals surface area contributed by atoms with E-state index in [0.717, 1.165) is 5.01 Å². The van der Waals surface area contributed by atoms with Gasteiger partial charge in [0.2, 0.25) is 0 Å². The molecule has 0 unspecified atom stereocenters. The van der Waals surface area contributed by atoms with Crippen molar-refractivity contribution < 1.29 is 23.9 Å². The minimum absolute atomic E-state index is 0.255. The highest BCUT2D eigenvalue weighted by Gasteiger charge is 2.61. The Morgan fingerprint density at radius 3 is 2.35 bits per heavy atom. The van der Waals surface area contributed by atoms with Crippen molar-refractivity contribution >= 4 is 17.7 Å². The van der Waals surface area contributed by atoms with Crippen LogP contribution in [0, 0.1) is 11.8 Å². The Morgan fingerprint density at radius 1 is 1.13 bits per heavy atom. The van der Waals surface area contributed by atoms with Gasteiger partial charge in [0, 0.05) is 0 Å². The van der Waals surface area contributed by atoms with Crippen LogP contribution in [0.4, 0.5) is 0 Å². The maximum absolute atomic E-state index is 12.5. The molecule has 1 aromatic rings. The van der Waals surface area contributed by atoms with Crippen LogP contribution in [0.5, 0.6) is 5.75 Å². The molecule has 2 bridgehead atoms. The number of methoxy groups -OCH3 is 1. The van der Waals surface area contributed by atoms with E-state index in [9.17, 15) is 14.4 Å². The minimum Gasteiger partial charge on any atom is -0.496 e. The second kappa shape index (κ2) is 4.92. The first kappa shape index (κ1) is 14.0. The number of carbonyl (C=O) groups excluding carboxylic acids is 3. The zero-order valence-corrected chi connectivity index (χ0v) is 12.3. The van der Waals surface area contributed by atoms with Crippen LogP contribution < -0.4 is 10.2 Å². The van der Waals surface area contributed by atoms with Gasteiger partial charge in [-0.15, -0.1) is 0 Å². The summed E-state index contributed by atoms with van der Waals surface area (Å²) in [5.74, 6) is -2.15. The lowest BCUT2D eigenvalue weighted by molar-refractivity contribution is -0.145. The Balaban J connectivity index is 1.57. The average molecular weight is 314 g/mol. The number of hydrogen-bond acceptors (Lipinski definition) is 5. The van der Waals surface area contributed by atoms with Crippen LogP contribution in [0.25, 0.3) is 0 Å². The van der Waals surface area contributed by atoms with Crippen molar-refractivity contribution in [1.29, 1.82) is 0 Å². The molecule has 118 valence electrons. The zero-order chi connectivity index (χ0) is 16.1. The molecule has 7 nitrogen and oxygen atoms in total. The molecule has 23 heavy (non-hydrogen) atoms. The molecule has 3 heterocycles. The van der Waals surface area contributed by atoms with Crippen LogP contribution >= 0.6 is 0 Å². The highest BCUT2D eigenvalue weighted by Crippen LogP contribution is 2.44. The molecular formula is C16H14N2O5. The van der Waals surface area contributed by atoms with Crippen LogP contribution in [-0.2, 0) is 14.3 Å². The number of rotatable bonds is 3. The molecule has 3 aliphatic rings. The summed E-state index contributed by atoms with van der Waals surface area (Å²) in [5, 5.41) is 0.819. The summed E-state index contributed by atoms with van der Waals surface area (Å²) in [6.45, 7) is 0. The number of amides is 3. The molecule has 1 N–H and O–H groups in total. The summed E-state index contributed by atoms with van der Waals surface area (Å²) in [6.07, 6.45) is 2.83. The van der Waals surface area contributed by atoms with E-state index in [4.69, 9.17) is 9.47 Å². The molecule has 3 aliphatic heterocycles. The summed E-state index contributed by atoms with van der Waals surface area (Å²) in [7, 11) is 1.45. The summed E-state index contributed by atoms with van der Waals surface area (Å²) in [4.78, 5) is 37.3. The fourth-order valence-corrected chi connectivity index (χ4v) is 3.41. The van der Waals surface area contributed by atoms with E-state index in [1.165, 1.54) is 7.11 Å². The molecule has 2 fully saturated rings. The number of ether oxygens (including phenoxy) is 2. The molecule has 0 spiro atoms. The molecule has 0 radical (unpaired) electrons. The first-order chi connectivity index (χ1) is 11.1. The maximum Gasteiger partial charge on any atom is 0.274 e. The number of carbonyl (C=O) groups is 3. The van der Waals surface area contributed by atoms with E-state index in [1.54, 1.807) is 36.4 Å². The van der Waals surface area contributed by atoms with Gasteiger partial charge in [0.1, 0.15) is 5.75 Å². The van der Waals surface area contributed by atoms with Gasteiger partial charge in [-0.05, 0) is 12.1 Å². The van der Waals surface area contributed by atoms with Crippen LogP contribution in [-0.4, -0.2) is 42.0 Å². The van der Waals surface area contributed by atoms with Gasteiger partial charge in [-0.1, -0.05) is 24.3 Å². The van der Waals surface area contributed by atoms with Crippen molar-refractivity contribution in [2.45, 2.75) is 12.2 Å². The number of hydrogen-bond donors (Lipinski definition) is 1. The van der Waals surface area contributed by atoms with Gasteiger partial charge in [0.15, 0.2) is 0 Å². The van der Waals surface area contributed by atoms with Gasteiger partial charge in [-0.3, -0.25) is 19.8 Å². The van der Waals surface area contributed by atoms with E-state index in [1.807, 2.05) is 0 Å². The van der Waals surface area contributed by atoms with E-state index in [0.29, 0.717) is 5.75 Å². The molecule has 0 aliphatic carbocycles. The third kappa shape index (κ3) is 1.90. The minimum atomic E-state index is -0.564. The van der Waals surface area contributed by atoms with Gasteiger partial charge in [-0.2, -0.15) is 5.01 Å². The van der Waals surface area contributed by atoms with Crippen molar-refractivity contribution in [1.82, 2.24) is 10.4 Å². The van der Waals surface area contributed by atoms with Crippen LogP contribution in [0.3, 0.4) is 0 Å². The predicted molar refractivity (Wildman–Crippen MR) is 77.1 cm³/mol. The Bertz CT molecular complexity index is 714. The summed E-state index contributed by atoms with van der Waals surface area (Å²) in [5.41, 5.74) is 2.65. The Kier molecular flexibility index (Phi) is 2.99. The highest BCUT2D eigenvalue weighted by molar-refractivity contribution is 6.09. The SMILES string of the molecule is COc1ccccc1C(=O)NN1C(=O)[C@@H]2[C@@H](C1=O)[C@H]1C=C[C@@H]2O1. The van der Waals surface area contributed by atoms with Crippen molar-refractivity contribution in [3.63, 3.8) is 0 Å². The molecular weight excluding hydrogens is 300 g/mol. The van der Waals surface area contributed by atoms with E-state index in [2.05, 4.69) is 5.43 Å². The number of benzene rings is 1. The smallest absolute Gasteiger partial charge is 0.274 e. The maximum atomic E-state index is 12.5. The number of fused-ring (bicyclic) bond motifs is 5. The standard InChI is InChI=1S/C16H14N2O5/c1-22-9-5-3-2-4-8(9)14(19)17-18-15(20)12-10-6-7-11(23-10)13(12)16(18)21/h2-7,10-13H,1H3,(H,17,19)/t10-,11+,12-,13-/m0/s1. The summed E-state index contributed by atoms with van der Waals surface area (Å²) in [6, 6.07) is 6.61. The van der Waals surface area contributed by atoms with E-state index >= 15 is 0 Å².